The Hall–Kier alpha value is -1.85. The molecule has 0 fully saturated rings. The zero-order chi connectivity index (χ0) is 14.7. The number of carbonyl (C=O) groups excluding carboxylic acids is 1. The maximum absolute atomic E-state index is 13.1. The Morgan fingerprint density at radius 1 is 1.25 bits per heavy atom. The molecule has 2 rings (SSSR count). The number of nitrogens with one attached hydrogen (secondary N) is 2. The van der Waals surface area contributed by atoms with Gasteiger partial charge in [-0.2, -0.15) is 0 Å². The number of hydrogen-bond donors (Lipinski definition) is 2. The second-order valence-electron chi connectivity index (χ2n) is 3.88. The summed E-state index contributed by atoms with van der Waals surface area (Å²) in [7, 11) is 1.72. The third-order valence-electron chi connectivity index (χ3n) is 2.53. The molecule has 0 aliphatic carbocycles. The molecule has 0 atom stereocenters. The van der Waals surface area contributed by atoms with Crippen molar-refractivity contribution in [2.45, 2.75) is 0 Å². The summed E-state index contributed by atoms with van der Waals surface area (Å²) in [6.45, 7) is 0. The van der Waals surface area contributed by atoms with Gasteiger partial charge in [0.2, 0.25) is 0 Å². The predicted octanol–water partition coefficient (Wildman–Crippen LogP) is 3.82. The van der Waals surface area contributed by atoms with Crippen molar-refractivity contribution < 1.29 is 9.18 Å². The van der Waals surface area contributed by atoms with Crippen molar-refractivity contribution in [3.8, 4) is 0 Å². The Labute approximate surface area is 124 Å². The number of halogens is 3. The van der Waals surface area contributed by atoms with E-state index < -0.39 is 11.7 Å². The van der Waals surface area contributed by atoms with Crippen molar-refractivity contribution >= 4 is 40.6 Å². The number of carbonyl (C=O) groups is 1. The van der Waals surface area contributed by atoms with Crippen LogP contribution in [0.25, 0.3) is 0 Å². The number of hydrogen-bond acceptors (Lipinski definition) is 3. The Kier molecular flexibility index (Phi) is 4.42. The lowest BCUT2D eigenvalue weighted by Crippen LogP contribution is -2.13. The van der Waals surface area contributed by atoms with E-state index >= 15 is 0 Å². The van der Waals surface area contributed by atoms with Crippen LogP contribution in [0.3, 0.4) is 0 Å². The third kappa shape index (κ3) is 3.18. The molecule has 2 N–H and O–H groups in total. The number of nitrogens with zero attached hydrogens (tertiary/aromatic N) is 1. The van der Waals surface area contributed by atoms with Gasteiger partial charge in [0, 0.05) is 13.2 Å². The second kappa shape index (κ2) is 6.07. The van der Waals surface area contributed by atoms with Crippen LogP contribution >= 0.6 is 23.2 Å². The van der Waals surface area contributed by atoms with Gasteiger partial charge in [-0.1, -0.05) is 23.2 Å². The smallest absolute Gasteiger partial charge is 0.257 e. The second-order valence-corrected chi connectivity index (χ2v) is 4.70. The largest absolute Gasteiger partial charge is 0.373 e. The molecule has 0 radical (unpaired) electrons. The molecular weight excluding hydrogens is 304 g/mol. The van der Waals surface area contributed by atoms with Gasteiger partial charge in [-0.3, -0.25) is 4.79 Å². The summed E-state index contributed by atoms with van der Waals surface area (Å²) in [4.78, 5) is 16.0. The zero-order valence-electron chi connectivity index (χ0n) is 10.4. The van der Waals surface area contributed by atoms with Crippen LogP contribution in [-0.4, -0.2) is 17.9 Å². The molecule has 4 nitrogen and oxygen atoms in total. The van der Waals surface area contributed by atoms with Gasteiger partial charge in [-0.05, 0) is 24.3 Å². The molecule has 0 aliphatic heterocycles. The lowest BCUT2D eigenvalue weighted by Gasteiger charge is -2.09. The summed E-state index contributed by atoms with van der Waals surface area (Å²) in [5.74, 6) is -0.368. The average molecular weight is 314 g/mol. The predicted molar refractivity (Wildman–Crippen MR) is 78.2 cm³/mol. The van der Waals surface area contributed by atoms with E-state index in [-0.39, 0.29) is 15.7 Å². The molecule has 1 aromatic carbocycles. The highest BCUT2D eigenvalue weighted by atomic mass is 35.5. The maximum Gasteiger partial charge on any atom is 0.257 e. The highest BCUT2D eigenvalue weighted by Gasteiger charge is 2.13. The maximum atomic E-state index is 13.1. The minimum absolute atomic E-state index is 0.0307. The van der Waals surface area contributed by atoms with Crippen molar-refractivity contribution in [2.75, 3.05) is 17.7 Å². The summed E-state index contributed by atoms with van der Waals surface area (Å²) < 4.78 is 13.1. The normalized spacial score (nSPS) is 10.2. The lowest BCUT2D eigenvalue weighted by atomic mass is 10.2. The van der Waals surface area contributed by atoms with E-state index in [1.54, 1.807) is 19.2 Å². The van der Waals surface area contributed by atoms with Crippen molar-refractivity contribution in [1.82, 2.24) is 4.98 Å². The fourth-order valence-electron chi connectivity index (χ4n) is 1.52. The van der Waals surface area contributed by atoms with Crippen molar-refractivity contribution in [2.24, 2.45) is 0 Å². The number of anilines is 2. The summed E-state index contributed by atoms with van der Waals surface area (Å²) in [6.07, 6.45) is 1.41. The minimum Gasteiger partial charge on any atom is -0.373 e. The van der Waals surface area contributed by atoms with E-state index in [0.717, 1.165) is 12.1 Å². The molecule has 7 heteroatoms. The number of rotatable bonds is 3. The first-order valence-corrected chi connectivity index (χ1v) is 6.36. The van der Waals surface area contributed by atoms with E-state index in [2.05, 4.69) is 15.6 Å². The van der Waals surface area contributed by atoms with Crippen LogP contribution in [0.4, 0.5) is 15.9 Å². The molecule has 0 aliphatic rings. The molecule has 0 spiro atoms. The van der Waals surface area contributed by atoms with Crippen LogP contribution in [0, 0.1) is 5.82 Å². The van der Waals surface area contributed by atoms with Crippen molar-refractivity contribution in [3.05, 3.63) is 51.9 Å². The highest BCUT2D eigenvalue weighted by Crippen LogP contribution is 2.31. The minimum atomic E-state index is -0.571. The molecule has 0 bridgehead atoms. The van der Waals surface area contributed by atoms with Crippen LogP contribution in [0.5, 0.6) is 0 Å². The Morgan fingerprint density at radius 2 is 1.90 bits per heavy atom. The SMILES string of the molecule is CNc1ccc(C(=O)Nc2c(Cl)cc(F)cc2Cl)cn1. The van der Waals surface area contributed by atoms with E-state index in [1.807, 2.05) is 0 Å². The summed E-state index contributed by atoms with van der Waals surface area (Å²) in [5.41, 5.74) is 0.498. The molecule has 0 saturated heterocycles. The van der Waals surface area contributed by atoms with E-state index in [9.17, 15) is 9.18 Å². The Balaban J connectivity index is 2.23. The topological polar surface area (TPSA) is 54.0 Å². The first-order chi connectivity index (χ1) is 9.51. The van der Waals surface area contributed by atoms with E-state index in [0.29, 0.717) is 11.4 Å². The van der Waals surface area contributed by atoms with Gasteiger partial charge in [0.15, 0.2) is 0 Å². The summed E-state index contributed by atoms with van der Waals surface area (Å²) in [5, 5.41) is 5.43. The number of aromatic nitrogens is 1. The summed E-state index contributed by atoms with van der Waals surface area (Å²) in [6, 6.07) is 5.40. The van der Waals surface area contributed by atoms with Gasteiger partial charge in [0.05, 0.1) is 21.3 Å². The number of amides is 1. The molecular formula is C13H10Cl2FN3O. The average Bonchev–Trinajstić information content (AvgIpc) is 2.42. The molecule has 0 unspecified atom stereocenters. The monoisotopic (exact) mass is 313 g/mol. The molecule has 1 heterocycles. The van der Waals surface area contributed by atoms with E-state index in [4.69, 9.17) is 23.2 Å². The Morgan fingerprint density at radius 3 is 2.40 bits per heavy atom. The fraction of sp³-hybridized carbons (Fsp3) is 0.0769. The zero-order valence-corrected chi connectivity index (χ0v) is 11.9. The van der Waals surface area contributed by atoms with E-state index in [1.165, 1.54) is 6.20 Å². The quantitative estimate of drug-likeness (QED) is 0.905. The molecule has 1 amide bonds. The van der Waals surface area contributed by atoms with Crippen LogP contribution < -0.4 is 10.6 Å². The first-order valence-electron chi connectivity index (χ1n) is 5.61. The van der Waals surface area contributed by atoms with Crippen LogP contribution in [-0.2, 0) is 0 Å². The highest BCUT2D eigenvalue weighted by molar-refractivity contribution is 6.40. The van der Waals surface area contributed by atoms with Gasteiger partial charge in [-0.15, -0.1) is 0 Å². The molecule has 2 aromatic rings. The molecule has 0 saturated carbocycles. The van der Waals surface area contributed by atoms with Crippen molar-refractivity contribution in [3.63, 3.8) is 0 Å². The Bertz CT molecular complexity index is 624. The molecule has 104 valence electrons. The van der Waals surface area contributed by atoms with Crippen LogP contribution in [0.2, 0.25) is 10.0 Å². The van der Waals surface area contributed by atoms with Gasteiger partial charge < -0.3 is 10.6 Å². The summed E-state index contributed by atoms with van der Waals surface area (Å²) >= 11 is 11.7. The lowest BCUT2D eigenvalue weighted by molar-refractivity contribution is 0.102. The molecule has 1 aromatic heterocycles. The van der Waals surface area contributed by atoms with Gasteiger partial charge in [0.1, 0.15) is 11.6 Å². The van der Waals surface area contributed by atoms with Crippen LogP contribution in [0.15, 0.2) is 30.5 Å². The number of benzene rings is 1. The number of pyridine rings is 1. The van der Waals surface area contributed by atoms with Gasteiger partial charge in [-0.25, -0.2) is 9.37 Å². The standard InChI is InChI=1S/C13H10Cl2FN3O/c1-17-11-3-2-7(6-18-11)13(20)19-12-9(14)4-8(16)5-10(12)15/h2-6H,1H3,(H,17,18)(H,19,20). The third-order valence-corrected chi connectivity index (χ3v) is 3.12. The van der Waals surface area contributed by atoms with Crippen LogP contribution in [0.1, 0.15) is 10.4 Å². The van der Waals surface area contributed by atoms with Gasteiger partial charge >= 0.3 is 0 Å². The fourth-order valence-corrected chi connectivity index (χ4v) is 2.08. The van der Waals surface area contributed by atoms with Crippen molar-refractivity contribution in [1.29, 1.82) is 0 Å². The molecule has 20 heavy (non-hydrogen) atoms. The van der Waals surface area contributed by atoms with Gasteiger partial charge in [0.25, 0.3) is 5.91 Å². The first kappa shape index (κ1) is 14.6.